The topological polar surface area (TPSA) is 55.1 Å². The van der Waals surface area contributed by atoms with Crippen LogP contribution in [-0.4, -0.2) is 25.6 Å². The number of rotatable bonds is 3. The lowest BCUT2D eigenvalue weighted by Crippen LogP contribution is -2.32. The fourth-order valence-electron chi connectivity index (χ4n) is 3.53. The number of hydrogen-bond acceptors (Lipinski definition) is 4. The van der Waals surface area contributed by atoms with Gasteiger partial charge < -0.3 is 5.32 Å². The third kappa shape index (κ3) is 3.34. The first-order valence-electron chi connectivity index (χ1n) is 8.57. The average molecular weight is 354 g/mol. The number of nitrogens with zero attached hydrogens (tertiary/aromatic N) is 4. The number of anilines is 1. The largest absolute Gasteiger partial charge is 0.366 e. The summed E-state index contributed by atoms with van der Waals surface area (Å²) in [5, 5.41) is 7.93. The van der Waals surface area contributed by atoms with E-state index in [1.54, 1.807) is 4.52 Å². The van der Waals surface area contributed by atoms with Gasteiger partial charge in [-0.3, -0.25) is 0 Å². The third-order valence-electron chi connectivity index (χ3n) is 5.06. The van der Waals surface area contributed by atoms with Crippen molar-refractivity contribution in [3.05, 3.63) is 17.0 Å². The Kier molecular flexibility index (Phi) is 4.69. The Bertz CT molecular complexity index is 714. The van der Waals surface area contributed by atoms with Gasteiger partial charge in [0.2, 0.25) is 0 Å². The molecule has 24 heavy (non-hydrogen) atoms. The molecule has 2 aromatic heterocycles. The van der Waals surface area contributed by atoms with Crippen LogP contribution in [0.25, 0.3) is 5.78 Å². The fourth-order valence-corrected chi connectivity index (χ4v) is 3.85. The second kappa shape index (κ2) is 6.47. The maximum absolute atomic E-state index is 13.8. The average Bonchev–Trinajstić information content (AvgIpc) is 2.97. The van der Waals surface area contributed by atoms with E-state index in [9.17, 15) is 4.39 Å². The SMILES string of the molecule is CC(F)c1nc2ncnn2c(N[C@H]2CC[C@@H](C(C)(C)C)CC2)c1Cl. The quantitative estimate of drug-likeness (QED) is 0.859. The predicted octanol–water partition coefficient (Wildman–Crippen LogP) is 4.83. The van der Waals surface area contributed by atoms with Crippen molar-refractivity contribution >= 4 is 23.2 Å². The minimum Gasteiger partial charge on any atom is -0.366 e. The molecule has 1 atom stereocenters. The van der Waals surface area contributed by atoms with Gasteiger partial charge in [-0.2, -0.15) is 14.6 Å². The molecule has 5 nitrogen and oxygen atoms in total. The highest BCUT2D eigenvalue weighted by atomic mass is 35.5. The highest BCUT2D eigenvalue weighted by molar-refractivity contribution is 6.33. The lowest BCUT2D eigenvalue weighted by atomic mass is 9.71. The molecule has 1 aliphatic rings. The zero-order valence-corrected chi connectivity index (χ0v) is 15.4. The number of halogens is 2. The van der Waals surface area contributed by atoms with Crippen LogP contribution in [0.15, 0.2) is 6.33 Å². The van der Waals surface area contributed by atoms with Gasteiger partial charge >= 0.3 is 0 Å². The Hall–Kier alpha value is -1.43. The van der Waals surface area contributed by atoms with Crippen molar-refractivity contribution in [2.45, 2.75) is 65.6 Å². The van der Waals surface area contributed by atoms with E-state index in [2.05, 4.69) is 41.2 Å². The molecule has 2 heterocycles. The maximum atomic E-state index is 13.8. The van der Waals surface area contributed by atoms with Gasteiger partial charge in [-0.05, 0) is 43.9 Å². The molecule has 0 amide bonds. The summed E-state index contributed by atoms with van der Waals surface area (Å²) in [6.07, 6.45) is 4.64. The van der Waals surface area contributed by atoms with Crippen LogP contribution in [0.4, 0.5) is 10.2 Å². The van der Waals surface area contributed by atoms with Gasteiger partial charge in [-0.25, -0.2) is 9.37 Å². The van der Waals surface area contributed by atoms with Crippen molar-refractivity contribution in [2.24, 2.45) is 11.3 Å². The molecular formula is C17H25ClFN5. The molecule has 0 bridgehead atoms. The van der Waals surface area contributed by atoms with Crippen molar-refractivity contribution in [1.82, 2.24) is 19.6 Å². The van der Waals surface area contributed by atoms with E-state index < -0.39 is 6.17 Å². The van der Waals surface area contributed by atoms with E-state index in [1.807, 2.05) is 0 Å². The molecule has 1 saturated carbocycles. The summed E-state index contributed by atoms with van der Waals surface area (Å²) in [6.45, 7) is 8.34. The van der Waals surface area contributed by atoms with Gasteiger partial charge in [0.25, 0.3) is 5.78 Å². The number of fused-ring (bicyclic) bond motifs is 1. The monoisotopic (exact) mass is 353 g/mol. The molecule has 0 radical (unpaired) electrons. The Morgan fingerprint density at radius 3 is 2.54 bits per heavy atom. The van der Waals surface area contributed by atoms with Crippen LogP contribution in [-0.2, 0) is 0 Å². The normalized spacial score (nSPS) is 23.4. The van der Waals surface area contributed by atoms with Gasteiger partial charge in [0.1, 0.15) is 23.2 Å². The van der Waals surface area contributed by atoms with Crippen LogP contribution in [0.3, 0.4) is 0 Å². The predicted molar refractivity (Wildman–Crippen MR) is 94.1 cm³/mol. The zero-order chi connectivity index (χ0) is 17.5. The van der Waals surface area contributed by atoms with Crippen molar-refractivity contribution in [3.8, 4) is 0 Å². The second-order valence-electron chi connectivity index (χ2n) is 7.81. The molecule has 1 aliphatic carbocycles. The van der Waals surface area contributed by atoms with Gasteiger partial charge in [-0.15, -0.1) is 0 Å². The van der Waals surface area contributed by atoms with Crippen LogP contribution >= 0.6 is 11.6 Å². The van der Waals surface area contributed by atoms with Crippen molar-refractivity contribution in [3.63, 3.8) is 0 Å². The maximum Gasteiger partial charge on any atom is 0.254 e. The van der Waals surface area contributed by atoms with Crippen molar-refractivity contribution in [2.75, 3.05) is 5.32 Å². The first-order valence-corrected chi connectivity index (χ1v) is 8.95. The zero-order valence-electron chi connectivity index (χ0n) is 14.7. The minimum atomic E-state index is -1.25. The molecule has 7 heteroatoms. The van der Waals surface area contributed by atoms with Crippen LogP contribution < -0.4 is 5.32 Å². The van der Waals surface area contributed by atoms with Crippen LogP contribution in [0, 0.1) is 11.3 Å². The van der Waals surface area contributed by atoms with E-state index in [0.717, 1.165) is 18.8 Å². The molecule has 1 fully saturated rings. The summed E-state index contributed by atoms with van der Waals surface area (Å²) >= 11 is 6.41. The lowest BCUT2D eigenvalue weighted by molar-refractivity contribution is 0.173. The summed E-state index contributed by atoms with van der Waals surface area (Å²) in [5.74, 6) is 1.69. The molecule has 0 aromatic carbocycles. The van der Waals surface area contributed by atoms with E-state index in [1.165, 1.54) is 26.1 Å². The van der Waals surface area contributed by atoms with Crippen molar-refractivity contribution in [1.29, 1.82) is 0 Å². The first kappa shape index (κ1) is 17.4. The molecule has 0 spiro atoms. The molecular weight excluding hydrogens is 329 g/mol. The standard InChI is InChI=1S/C17H25ClFN5/c1-10(19)14-13(18)15(24-16(23-14)20-9-21-24)22-12-7-5-11(6-8-12)17(2,3)4/h9-12,22H,5-8H2,1-4H3/t10?,11-,12+. The van der Waals surface area contributed by atoms with E-state index >= 15 is 0 Å². The molecule has 1 unspecified atom stereocenters. The summed E-state index contributed by atoms with van der Waals surface area (Å²) in [6, 6.07) is 0.304. The minimum absolute atomic E-state index is 0.211. The molecule has 132 valence electrons. The molecule has 1 N–H and O–H groups in total. The van der Waals surface area contributed by atoms with E-state index in [-0.39, 0.29) is 5.69 Å². The molecule has 2 aromatic rings. The molecule has 3 rings (SSSR count). The summed E-state index contributed by atoms with van der Waals surface area (Å²) in [4.78, 5) is 8.25. The number of hydrogen-bond donors (Lipinski definition) is 1. The summed E-state index contributed by atoms with van der Waals surface area (Å²) in [7, 11) is 0. The number of nitrogens with one attached hydrogen (secondary N) is 1. The van der Waals surface area contributed by atoms with Gasteiger partial charge in [0, 0.05) is 6.04 Å². The third-order valence-corrected chi connectivity index (χ3v) is 5.44. The second-order valence-corrected chi connectivity index (χ2v) is 8.18. The van der Waals surface area contributed by atoms with E-state index in [0.29, 0.717) is 28.1 Å². The Labute approximate surface area is 147 Å². The van der Waals surface area contributed by atoms with Crippen LogP contribution in [0.1, 0.15) is 65.2 Å². The summed E-state index contributed by atoms with van der Waals surface area (Å²) in [5.41, 5.74) is 0.554. The molecule has 0 aliphatic heterocycles. The smallest absolute Gasteiger partial charge is 0.254 e. The lowest BCUT2D eigenvalue weighted by Gasteiger charge is -2.37. The van der Waals surface area contributed by atoms with Crippen LogP contribution in [0.5, 0.6) is 0 Å². The molecule has 0 saturated heterocycles. The first-order chi connectivity index (χ1) is 11.3. The number of aromatic nitrogens is 4. The van der Waals surface area contributed by atoms with Gasteiger partial charge in [-0.1, -0.05) is 32.4 Å². The van der Waals surface area contributed by atoms with Gasteiger partial charge in [0.05, 0.1) is 0 Å². The highest BCUT2D eigenvalue weighted by Gasteiger charge is 2.30. The van der Waals surface area contributed by atoms with E-state index in [4.69, 9.17) is 11.6 Å². The highest BCUT2D eigenvalue weighted by Crippen LogP contribution is 2.39. The van der Waals surface area contributed by atoms with Crippen molar-refractivity contribution < 1.29 is 4.39 Å². The Balaban J connectivity index is 1.83. The van der Waals surface area contributed by atoms with Gasteiger partial charge in [0.15, 0.2) is 5.82 Å². The Morgan fingerprint density at radius 2 is 1.96 bits per heavy atom. The number of alkyl halides is 1. The summed E-state index contributed by atoms with van der Waals surface area (Å²) < 4.78 is 15.4. The fraction of sp³-hybridized carbons (Fsp3) is 0.706. The van der Waals surface area contributed by atoms with Crippen LogP contribution in [0.2, 0.25) is 5.02 Å². The Morgan fingerprint density at radius 1 is 1.29 bits per heavy atom.